The van der Waals surface area contributed by atoms with E-state index in [0.717, 1.165) is 23.0 Å². The number of aromatic nitrogens is 1. The molecule has 3 aromatic rings. The third-order valence-corrected chi connectivity index (χ3v) is 4.01. The summed E-state index contributed by atoms with van der Waals surface area (Å²) in [6.07, 6.45) is 0. The van der Waals surface area contributed by atoms with E-state index in [2.05, 4.69) is 55.3 Å². The van der Waals surface area contributed by atoms with E-state index < -0.39 is 0 Å². The minimum atomic E-state index is 0. The van der Waals surface area contributed by atoms with Gasteiger partial charge in [-0.25, -0.2) is 4.98 Å². The predicted octanol–water partition coefficient (Wildman–Crippen LogP) is 5.32. The zero-order chi connectivity index (χ0) is 17.1. The van der Waals surface area contributed by atoms with Gasteiger partial charge in [-0.05, 0) is 44.0 Å². The summed E-state index contributed by atoms with van der Waals surface area (Å²) in [6, 6.07) is 21.8. The molecule has 0 saturated carbocycles. The molecule has 2 aromatic carbocycles. The van der Waals surface area contributed by atoms with Gasteiger partial charge in [-0.3, -0.25) is 0 Å². The van der Waals surface area contributed by atoms with Gasteiger partial charge in [0.05, 0.1) is 5.69 Å². The third-order valence-electron chi connectivity index (χ3n) is 4.01. The van der Waals surface area contributed by atoms with Crippen LogP contribution in [-0.4, -0.2) is 12.0 Å². The minimum Gasteiger partial charge on any atom is -0.373 e. The molecule has 0 atom stereocenters. The van der Waals surface area contributed by atoms with Crippen LogP contribution in [0.2, 0.25) is 0 Å². The fourth-order valence-corrected chi connectivity index (χ4v) is 3.09. The van der Waals surface area contributed by atoms with Crippen molar-refractivity contribution in [2.45, 2.75) is 20.8 Å². The maximum atomic E-state index is 4.74. The number of benzene rings is 2. The normalized spacial score (nSPS) is 10.1. The Morgan fingerprint density at radius 1 is 0.960 bits per heavy atom. The number of rotatable bonds is 4. The number of aryl methyl sites for hydroxylation is 3. The monoisotopic (exact) mass is 508 g/mol. The summed E-state index contributed by atoms with van der Waals surface area (Å²) in [5.41, 5.74) is 5.85. The molecule has 0 aliphatic heterocycles. The number of nitrogens with zero attached hydrogens (tertiary/aromatic N) is 2. The maximum absolute atomic E-state index is 4.74. The standard InChI is InChI=1S/C21H22N3.Os/c1-15-13-16(2)21(17(3)14-15)24(18-9-6-5-7-10-18)20-12-8-11-19(22-4)23-20;/h5-9,11-14H,1-4H3,(H,22,23);/q-1;+1. The largest absolute Gasteiger partial charge is 1.00 e. The molecule has 0 aliphatic carbocycles. The van der Waals surface area contributed by atoms with Crippen molar-refractivity contribution in [1.82, 2.24) is 4.98 Å². The fourth-order valence-electron chi connectivity index (χ4n) is 3.09. The molecule has 3 nitrogen and oxygen atoms in total. The van der Waals surface area contributed by atoms with Crippen LogP contribution in [0.4, 0.5) is 23.0 Å². The van der Waals surface area contributed by atoms with Gasteiger partial charge >= 0.3 is 19.8 Å². The van der Waals surface area contributed by atoms with Crippen molar-refractivity contribution in [1.29, 1.82) is 0 Å². The third kappa shape index (κ3) is 4.09. The summed E-state index contributed by atoms with van der Waals surface area (Å²) < 4.78 is 0. The van der Waals surface area contributed by atoms with E-state index in [1.54, 1.807) is 0 Å². The van der Waals surface area contributed by atoms with Crippen LogP contribution in [0.3, 0.4) is 0 Å². The van der Waals surface area contributed by atoms with Gasteiger partial charge in [0.25, 0.3) is 0 Å². The molecular formula is C21H22N3Os. The maximum Gasteiger partial charge on any atom is 1.00 e. The summed E-state index contributed by atoms with van der Waals surface area (Å²) in [7, 11) is 1.88. The first-order valence-corrected chi connectivity index (χ1v) is 8.09. The van der Waals surface area contributed by atoms with Crippen molar-refractivity contribution in [2.75, 3.05) is 17.3 Å². The molecule has 0 aliphatic rings. The Labute approximate surface area is 163 Å². The van der Waals surface area contributed by atoms with Crippen LogP contribution in [0.5, 0.6) is 0 Å². The van der Waals surface area contributed by atoms with Crippen LogP contribution in [-0.2, 0) is 19.8 Å². The zero-order valence-corrected chi connectivity index (χ0v) is 17.5. The second-order valence-electron chi connectivity index (χ2n) is 5.96. The molecule has 4 heteroatoms. The molecule has 0 fully saturated rings. The van der Waals surface area contributed by atoms with Crippen LogP contribution in [0.25, 0.3) is 0 Å². The van der Waals surface area contributed by atoms with Crippen molar-refractivity contribution in [3.8, 4) is 0 Å². The molecule has 0 saturated heterocycles. The van der Waals surface area contributed by atoms with E-state index >= 15 is 0 Å². The summed E-state index contributed by atoms with van der Waals surface area (Å²) in [5, 5.41) is 3.12. The molecule has 0 spiro atoms. The van der Waals surface area contributed by atoms with Crippen LogP contribution in [0.15, 0.2) is 54.6 Å². The van der Waals surface area contributed by atoms with Crippen LogP contribution in [0, 0.1) is 26.8 Å². The quantitative estimate of drug-likeness (QED) is 0.486. The van der Waals surface area contributed by atoms with Gasteiger partial charge in [-0.15, -0.1) is 6.07 Å². The van der Waals surface area contributed by atoms with Gasteiger partial charge in [0.15, 0.2) is 0 Å². The van der Waals surface area contributed by atoms with Gasteiger partial charge in [-0.2, -0.15) is 24.3 Å². The Balaban J connectivity index is 0.00000225. The van der Waals surface area contributed by atoms with Crippen molar-refractivity contribution in [3.63, 3.8) is 0 Å². The number of pyridine rings is 1. The number of nitrogens with one attached hydrogen (secondary N) is 1. The van der Waals surface area contributed by atoms with E-state index in [4.69, 9.17) is 4.98 Å². The fraction of sp³-hybridized carbons (Fsp3) is 0.190. The average molecular weight is 507 g/mol. The van der Waals surface area contributed by atoms with Gasteiger partial charge in [-0.1, -0.05) is 29.4 Å². The molecule has 1 N–H and O–H groups in total. The average Bonchev–Trinajstić information content (AvgIpc) is 2.58. The molecule has 1 radical (unpaired) electrons. The van der Waals surface area contributed by atoms with Crippen molar-refractivity contribution in [3.05, 3.63) is 77.4 Å². The Hall–Kier alpha value is -2.17. The number of hydrogen-bond acceptors (Lipinski definition) is 3. The predicted molar refractivity (Wildman–Crippen MR) is 102 cm³/mol. The van der Waals surface area contributed by atoms with E-state index in [9.17, 15) is 0 Å². The molecule has 1 aromatic heterocycles. The minimum absolute atomic E-state index is 0. The Morgan fingerprint density at radius 3 is 2.28 bits per heavy atom. The number of anilines is 4. The van der Waals surface area contributed by atoms with Crippen molar-refractivity contribution < 1.29 is 19.8 Å². The SMILES string of the molecule is CNc1cccc(N(c2[c-]cccc2)c2c(C)cc(C)cc2C)n1.[Os+]. The van der Waals surface area contributed by atoms with Crippen molar-refractivity contribution >= 4 is 23.0 Å². The van der Waals surface area contributed by atoms with Crippen LogP contribution in [0.1, 0.15) is 16.7 Å². The number of para-hydroxylation sites is 1. The van der Waals surface area contributed by atoms with E-state index in [1.165, 1.54) is 16.7 Å². The molecule has 3 rings (SSSR count). The molecule has 0 unspecified atom stereocenters. The van der Waals surface area contributed by atoms with Gasteiger partial charge in [0, 0.05) is 7.05 Å². The Morgan fingerprint density at radius 2 is 1.68 bits per heavy atom. The summed E-state index contributed by atoms with van der Waals surface area (Å²) >= 11 is 0. The Kier molecular flexibility index (Phi) is 6.34. The van der Waals surface area contributed by atoms with Gasteiger partial charge < -0.3 is 10.2 Å². The molecule has 25 heavy (non-hydrogen) atoms. The molecular weight excluding hydrogens is 484 g/mol. The summed E-state index contributed by atoms with van der Waals surface area (Å²) in [5.74, 6) is 1.72. The topological polar surface area (TPSA) is 28.2 Å². The van der Waals surface area contributed by atoms with Crippen LogP contribution < -0.4 is 10.2 Å². The van der Waals surface area contributed by atoms with Crippen molar-refractivity contribution in [2.24, 2.45) is 0 Å². The summed E-state index contributed by atoms with van der Waals surface area (Å²) in [4.78, 5) is 6.92. The van der Waals surface area contributed by atoms with Gasteiger partial charge in [0.1, 0.15) is 11.6 Å². The smallest absolute Gasteiger partial charge is 0.373 e. The molecule has 0 bridgehead atoms. The van der Waals surface area contributed by atoms with E-state index in [1.807, 2.05) is 43.4 Å². The first-order valence-electron chi connectivity index (χ1n) is 8.09. The van der Waals surface area contributed by atoms with Gasteiger partial charge in [0.2, 0.25) is 0 Å². The second kappa shape index (κ2) is 8.27. The van der Waals surface area contributed by atoms with E-state index in [0.29, 0.717) is 0 Å². The summed E-state index contributed by atoms with van der Waals surface area (Å²) in [6.45, 7) is 6.42. The molecule has 1 heterocycles. The van der Waals surface area contributed by atoms with Crippen LogP contribution >= 0.6 is 0 Å². The number of hydrogen-bond donors (Lipinski definition) is 1. The Bertz CT molecular complexity index is 824. The first kappa shape index (κ1) is 19.2. The zero-order valence-electron chi connectivity index (χ0n) is 14.9. The van der Waals surface area contributed by atoms with E-state index in [-0.39, 0.29) is 19.8 Å². The molecule has 129 valence electrons. The molecule has 0 amide bonds. The second-order valence-corrected chi connectivity index (χ2v) is 5.96. The first-order chi connectivity index (χ1) is 11.6.